The molecule has 1 heterocycles. The van der Waals surface area contributed by atoms with Crippen molar-refractivity contribution in [1.82, 2.24) is 14.5 Å². The van der Waals surface area contributed by atoms with Gasteiger partial charge >= 0.3 is 0 Å². The van der Waals surface area contributed by atoms with E-state index in [-0.39, 0.29) is 24.6 Å². The van der Waals surface area contributed by atoms with Crippen molar-refractivity contribution in [2.24, 2.45) is 0 Å². The van der Waals surface area contributed by atoms with E-state index in [1.54, 1.807) is 12.1 Å². The van der Waals surface area contributed by atoms with Crippen molar-refractivity contribution in [3.8, 4) is 5.75 Å². The van der Waals surface area contributed by atoms with Gasteiger partial charge in [0.25, 0.3) is 0 Å². The molecule has 1 amide bonds. The van der Waals surface area contributed by atoms with Crippen LogP contribution in [0.4, 0.5) is 0 Å². The number of ether oxygens (including phenoxy) is 1. The van der Waals surface area contributed by atoms with Crippen LogP contribution in [0.3, 0.4) is 0 Å². The molecule has 0 aliphatic carbocycles. The average molecular weight is 462 g/mol. The highest BCUT2D eigenvalue weighted by Crippen LogP contribution is 2.26. The maximum Gasteiger partial charge on any atom is 0.243 e. The predicted octanol–water partition coefficient (Wildman–Crippen LogP) is 6.27. The molecule has 0 saturated carbocycles. The highest BCUT2D eigenvalue weighted by molar-refractivity contribution is 6.30. The van der Waals surface area contributed by atoms with Crippen LogP contribution in [0.1, 0.15) is 38.3 Å². The molecule has 0 saturated heterocycles. The predicted molar refractivity (Wildman–Crippen MR) is 132 cm³/mol. The van der Waals surface area contributed by atoms with E-state index in [0.29, 0.717) is 23.1 Å². The minimum absolute atomic E-state index is 0.0388. The molecular formula is C27H28ClN3O2. The highest BCUT2D eigenvalue weighted by Gasteiger charge is 2.23. The number of benzene rings is 3. The molecule has 1 atom stereocenters. The fourth-order valence-corrected chi connectivity index (χ4v) is 4.03. The number of nitrogens with zero attached hydrogens (tertiary/aromatic N) is 3. The summed E-state index contributed by atoms with van der Waals surface area (Å²) >= 11 is 6.00. The van der Waals surface area contributed by atoms with Crippen molar-refractivity contribution in [1.29, 1.82) is 0 Å². The van der Waals surface area contributed by atoms with Crippen molar-refractivity contribution in [3.63, 3.8) is 0 Å². The molecule has 4 aromatic rings. The Hall–Kier alpha value is -3.31. The van der Waals surface area contributed by atoms with Crippen molar-refractivity contribution in [3.05, 3.63) is 95.3 Å². The molecule has 4 rings (SSSR count). The Bertz CT molecular complexity index is 1220. The summed E-state index contributed by atoms with van der Waals surface area (Å²) < 4.78 is 8.11. The number of aromatic nitrogens is 2. The largest absolute Gasteiger partial charge is 0.483 e. The topological polar surface area (TPSA) is 47.4 Å². The molecule has 0 bridgehead atoms. The van der Waals surface area contributed by atoms with E-state index in [9.17, 15) is 4.79 Å². The summed E-state index contributed by atoms with van der Waals surface area (Å²) in [6.07, 6.45) is -0.354. The minimum Gasteiger partial charge on any atom is -0.483 e. The van der Waals surface area contributed by atoms with E-state index in [2.05, 4.69) is 0 Å². The number of amides is 1. The second kappa shape index (κ2) is 10.1. The number of imidazole rings is 1. The first-order chi connectivity index (χ1) is 15.9. The quantitative estimate of drug-likeness (QED) is 0.311. The molecule has 6 heteroatoms. The van der Waals surface area contributed by atoms with Gasteiger partial charge in [-0.25, -0.2) is 4.98 Å². The summed E-state index contributed by atoms with van der Waals surface area (Å²) in [5, 5.41) is 0.653. The number of rotatable bonds is 8. The van der Waals surface area contributed by atoms with E-state index in [0.717, 1.165) is 16.6 Å². The van der Waals surface area contributed by atoms with Crippen molar-refractivity contribution in [2.45, 2.75) is 46.0 Å². The van der Waals surface area contributed by atoms with Crippen molar-refractivity contribution in [2.75, 3.05) is 0 Å². The molecule has 0 spiro atoms. The van der Waals surface area contributed by atoms with Crippen LogP contribution in [-0.2, 0) is 17.9 Å². The Morgan fingerprint density at radius 1 is 0.970 bits per heavy atom. The molecule has 1 unspecified atom stereocenters. The number of hydrogen-bond acceptors (Lipinski definition) is 3. The van der Waals surface area contributed by atoms with Gasteiger partial charge in [0, 0.05) is 17.6 Å². The van der Waals surface area contributed by atoms with Gasteiger partial charge in [-0.15, -0.1) is 0 Å². The van der Waals surface area contributed by atoms with Gasteiger partial charge in [0.2, 0.25) is 5.91 Å². The Morgan fingerprint density at radius 3 is 2.33 bits per heavy atom. The zero-order valence-electron chi connectivity index (χ0n) is 19.1. The first kappa shape index (κ1) is 22.9. The third kappa shape index (κ3) is 5.37. The average Bonchev–Trinajstić information content (AvgIpc) is 3.18. The van der Waals surface area contributed by atoms with Gasteiger partial charge in [-0.3, -0.25) is 4.79 Å². The second-order valence-corrected chi connectivity index (χ2v) is 8.80. The molecule has 33 heavy (non-hydrogen) atoms. The van der Waals surface area contributed by atoms with Crippen LogP contribution < -0.4 is 4.74 Å². The van der Waals surface area contributed by atoms with Gasteiger partial charge in [-0.1, -0.05) is 54.1 Å². The van der Waals surface area contributed by atoms with Crippen LogP contribution in [-0.4, -0.2) is 26.4 Å². The first-order valence-corrected chi connectivity index (χ1v) is 11.5. The number of fused-ring (bicyclic) bond motifs is 1. The summed E-state index contributed by atoms with van der Waals surface area (Å²) in [5.41, 5.74) is 2.86. The Balaban J connectivity index is 1.63. The lowest BCUT2D eigenvalue weighted by atomic mass is 10.2. The lowest BCUT2D eigenvalue weighted by molar-refractivity contribution is -0.134. The van der Waals surface area contributed by atoms with E-state index < -0.39 is 0 Å². The van der Waals surface area contributed by atoms with E-state index in [1.807, 2.05) is 97.0 Å². The van der Waals surface area contributed by atoms with Gasteiger partial charge in [-0.05, 0) is 62.7 Å². The van der Waals surface area contributed by atoms with Crippen LogP contribution in [0.15, 0.2) is 78.9 Å². The molecule has 0 N–H and O–H groups in total. The normalized spacial score (nSPS) is 12.2. The van der Waals surface area contributed by atoms with E-state index in [1.165, 1.54) is 0 Å². The molecule has 0 fully saturated rings. The Labute approximate surface area is 199 Å². The maximum absolute atomic E-state index is 13.5. The van der Waals surface area contributed by atoms with Gasteiger partial charge in [0.15, 0.2) is 11.9 Å². The summed E-state index contributed by atoms with van der Waals surface area (Å²) in [7, 11) is 0. The lowest BCUT2D eigenvalue weighted by Gasteiger charge is -2.28. The van der Waals surface area contributed by atoms with E-state index in [4.69, 9.17) is 21.3 Å². The molecule has 0 aliphatic heterocycles. The lowest BCUT2D eigenvalue weighted by Crippen LogP contribution is -2.39. The van der Waals surface area contributed by atoms with Crippen LogP contribution in [0.2, 0.25) is 5.02 Å². The van der Waals surface area contributed by atoms with Gasteiger partial charge in [0.05, 0.1) is 11.0 Å². The number of hydrogen-bond donors (Lipinski definition) is 0. The highest BCUT2D eigenvalue weighted by atomic mass is 35.5. The fraction of sp³-hybridized carbons (Fsp3) is 0.259. The Morgan fingerprint density at radius 2 is 1.64 bits per heavy atom. The van der Waals surface area contributed by atoms with E-state index >= 15 is 0 Å². The summed E-state index contributed by atoms with van der Waals surface area (Å²) in [6, 6.07) is 25.2. The molecular weight excluding hydrogens is 434 g/mol. The zero-order valence-corrected chi connectivity index (χ0v) is 19.9. The summed E-state index contributed by atoms with van der Waals surface area (Å²) in [4.78, 5) is 20.2. The van der Waals surface area contributed by atoms with Gasteiger partial charge < -0.3 is 14.2 Å². The number of para-hydroxylation sites is 2. The second-order valence-electron chi connectivity index (χ2n) is 8.36. The molecule has 3 aromatic carbocycles. The monoisotopic (exact) mass is 461 g/mol. The first-order valence-electron chi connectivity index (χ1n) is 11.1. The van der Waals surface area contributed by atoms with Crippen LogP contribution in [0.5, 0.6) is 5.75 Å². The van der Waals surface area contributed by atoms with Crippen LogP contribution in [0, 0.1) is 0 Å². The molecule has 0 radical (unpaired) electrons. The fourth-order valence-electron chi connectivity index (χ4n) is 3.91. The molecule has 0 aliphatic rings. The van der Waals surface area contributed by atoms with Crippen molar-refractivity contribution < 1.29 is 9.53 Å². The van der Waals surface area contributed by atoms with Crippen LogP contribution in [0.25, 0.3) is 11.0 Å². The molecule has 5 nitrogen and oxygen atoms in total. The molecule has 1 aromatic heterocycles. The smallest absolute Gasteiger partial charge is 0.243 e. The number of carbonyl (C=O) groups is 1. The third-order valence-corrected chi connectivity index (χ3v) is 5.86. The maximum atomic E-state index is 13.5. The number of carbonyl (C=O) groups excluding carboxylic acids is 1. The van der Waals surface area contributed by atoms with Gasteiger partial charge in [-0.2, -0.15) is 0 Å². The van der Waals surface area contributed by atoms with Crippen molar-refractivity contribution >= 4 is 28.5 Å². The minimum atomic E-state index is -0.354. The van der Waals surface area contributed by atoms with Gasteiger partial charge in [0.1, 0.15) is 12.3 Å². The SMILES string of the molecule is CC(Oc1ccc(Cl)cc1)c1nc2ccccc2n1CC(=O)N(Cc1ccccc1)C(C)C. The zero-order chi connectivity index (χ0) is 23.4. The summed E-state index contributed by atoms with van der Waals surface area (Å²) in [6.45, 7) is 6.78. The van der Waals surface area contributed by atoms with Crippen LogP contribution >= 0.6 is 11.6 Å². The number of halogens is 1. The molecule has 170 valence electrons. The third-order valence-electron chi connectivity index (χ3n) is 5.61. The Kier molecular flexibility index (Phi) is 6.99. The summed E-state index contributed by atoms with van der Waals surface area (Å²) in [5.74, 6) is 1.45. The standard InChI is InChI=1S/C27H28ClN3O2/c1-19(2)30(17-21-9-5-4-6-10-21)26(32)18-31-25-12-8-7-11-24(25)29-27(31)20(3)33-23-15-13-22(28)14-16-23/h4-16,19-20H,17-18H2,1-3H3.